The Morgan fingerprint density at radius 2 is 1.15 bits per heavy atom. The number of unbranched alkanes of at least 4 members (excludes halogenated alkanes) is 6. The van der Waals surface area contributed by atoms with E-state index in [2.05, 4.69) is 13.8 Å². The van der Waals surface area contributed by atoms with E-state index in [1.165, 1.54) is 9.80 Å². The van der Waals surface area contributed by atoms with Gasteiger partial charge >= 0.3 is 11.8 Å². The number of nitrogens with zero attached hydrogens (tertiary/aromatic N) is 2. The lowest BCUT2D eigenvalue weighted by atomic mass is 10.2. The van der Waals surface area contributed by atoms with Crippen molar-refractivity contribution >= 4 is 29.1 Å². The largest absolute Gasteiger partial charge is 0.318 e. The van der Waals surface area contributed by atoms with Crippen LogP contribution in [-0.4, -0.2) is 39.8 Å². The normalized spacial score (nSPS) is 15.6. The lowest BCUT2D eigenvalue weighted by Gasteiger charge is -2.18. The lowest BCUT2D eigenvalue weighted by Crippen LogP contribution is -2.34. The molecule has 1 rings (SSSR count). The molecule has 0 radical (unpaired) electrons. The molecular weight excluding hydrogens is 272 g/mol. The van der Waals surface area contributed by atoms with Crippen LogP contribution in [0.4, 0.5) is 0 Å². The summed E-state index contributed by atoms with van der Waals surface area (Å²) < 4.78 is 0. The number of carbonyl (C=O) groups excluding carboxylic acids is 2. The summed E-state index contributed by atoms with van der Waals surface area (Å²) in [6.45, 7) is 5.45. The van der Waals surface area contributed by atoms with E-state index < -0.39 is 11.8 Å². The third-order valence-corrected chi connectivity index (χ3v) is 4.05. The minimum absolute atomic E-state index is 0.410. The molecule has 114 valence electrons. The fourth-order valence-corrected chi connectivity index (χ4v) is 2.69. The van der Waals surface area contributed by atoms with E-state index in [0.29, 0.717) is 18.2 Å². The first-order valence-electron chi connectivity index (χ1n) is 7.80. The number of carbonyl (C=O) groups is 2. The molecule has 1 fully saturated rings. The molecule has 4 nitrogen and oxygen atoms in total. The molecule has 1 aliphatic heterocycles. The fraction of sp³-hybridized carbons (Fsp3) is 0.800. The van der Waals surface area contributed by atoms with E-state index >= 15 is 0 Å². The SMILES string of the molecule is CCCCCCN1C(=O)C(=O)N(CCCCCC)C1=S. The molecule has 2 amide bonds. The van der Waals surface area contributed by atoms with Gasteiger partial charge in [0.15, 0.2) is 5.11 Å². The Labute approximate surface area is 127 Å². The van der Waals surface area contributed by atoms with E-state index in [9.17, 15) is 9.59 Å². The first-order chi connectivity index (χ1) is 9.63. The van der Waals surface area contributed by atoms with Crippen LogP contribution in [-0.2, 0) is 9.59 Å². The van der Waals surface area contributed by atoms with Crippen LogP contribution in [0.25, 0.3) is 0 Å². The minimum Gasteiger partial charge on any atom is -0.280 e. The zero-order chi connectivity index (χ0) is 15.0. The summed E-state index contributed by atoms with van der Waals surface area (Å²) in [6, 6.07) is 0. The summed E-state index contributed by atoms with van der Waals surface area (Å²) >= 11 is 5.28. The number of rotatable bonds is 10. The van der Waals surface area contributed by atoms with Gasteiger partial charge in [-0.1, -0.05) is 52.4 Å². The van der Waals surface area contributed by atoms with Gasteiger partial charge in [0, 0.05) is 13.1 Å². The topological polar surface area (TPSA) is 40.6 Å². The van der Waals surface area contributed by atoms with Crippen LogP contribution in [0.15, 0.2) is 0 Å². The van der Waals surface area contributed by atoms with Crippen molar-refractivity contribution in [1.29, 1.82) is 0 Å². The van der Waals surface area contributed by atoms with Gasteiger partial charge in [-0.2, -0.15) is 0 Å². The summed E-state index contributed by atoms with van der Waals surface area (Å²) in [5, 5.41) is 0.410. The predicted molar refractivity (Wildman–Crippen MR) is 84.3 cm³/mol. The molecule has 5 heteroatoms. The van der Waals surface area contributed by atoms with Gasteiger partial charge in [0.2, 0.25) is 0 Å². The van der Waals surface area contributed by atoms with Crippen LogP contribution < -0.4 is 0 Å². The van der Waals surface area contributed by atoms with Crippen LogP contribution >= 0.6 is 12.2 Å². The molecule has 0 aromatic rings. The van der Waals surface area contributed by atoms with Crippen molar-refractivity contribution in [2.45, 2.75) is 65.2 Å². The van der Waals surface area contributed by atoms with Crippen molar-refractivity contribution in [2.24, 2.45) is 0 Å². The monoisotopic (exact) mass is 298 g/mol. The van der Waals surface area contributed by atoms with Gasteiger partial charge in [-0.05, 0) is 25.1 Å². The second-order valence-corrected chi connectivity index (χ2v) is 5.68. The van der Waals surface area contributed by atoms with E-state index in [1.54, 1.807) is 0 Å². The number of hydrogen-bond acceptors (Lipinski definition) is 3. The summed E-state index contributed by atoms with van der Waals surface area (Å²) in [5.74, 6) is -0.885. The van der Waals surface area contributed by atoms with Crippen LogP contribution in [0.5, 0.6) is 0 Å². The van der Waals surface area contributed by atoms with Gasteiger partial charge in [0.25, 0.3) is 0 Å². The summed E-state index contributed by atoms with van der Waals surface area (Å²) in [6.07, 6.45) is 8.60. The van der Waals surface area contributed by atoms with Crippen molar-refractivity contribution in [3.05, 3.63) is 0 Å². The highest BCUT2D eigenvalue weighted by Gasteiger charge is 2.40. The second-order valence-electron chi connectivity index (χ2n) is 5.32. The molecule has 20 heavy (non-hydrogen) atoms. The third kappa shape index (κ3) is 4.54. The summed E-state index contributed by atoms with van der Waals surface area (Å²) in [5.41, 5.74) is 0. The van der Waals surface area contributed by atoms with E-state index in [-0.39, 0.29) is 0 Å². The number of thiocarbonyl (C=S) groups is 1. The average molecular weight is 298 g/mol. The van der Waals surface area contributed by atoms with Gasteiger partial charge in [-0.3, -0.25) is 19.4 Å². The Morgan fingerprint density at radius 3 is 1.50 bits per heavy atom. The number of amides is 2. The molecule has 0 aromatic carbocycles. The molecule has 0 atom stereocenters. The summed E-state index contributed by atoms with van der Waals surface area (Å²) in [7, 11) is 0. The first-order valence-corrected chi connectivity index (χ1v) is 8.21. The van der Waals surface area contributed by atoms with E-state index in [0.717, 1.165) is 51.4 Å². The molecule has 1 saturated heterocycles. The Balaban J connectivity index is 2.43. The second kappa shape index (κ2) is 9.06. The van der Waals surface area contributed by atoms with Gasteiger partial charge in [0.1, 0.15) is 0 Å². The van der Waals surface area contributed by atoms with Crippen molar-refractivity contribution in [3.63, 3.8) is 0 Å². The minimum atomic E-state index is -0.443. The lowest BCUT2D eigenvalue weighted by molar-refractivity contribution is -0.143. The van der Waals surface area contributed by atoms with Crippen LogP contribution in [0, 0.1) is 0 Å². The van der Waals surface area contributed by atoms with Crippen molar-refractivity contribution in [1.82, 2.24) is 9.80 Å². The van der Waals surface area contributed by atoms with Gasteiger partial charge in [-0.25, -0.2) is 0 Å². The Hall–Kier alpha value is -0.970. The van der Waals surface area contributed by atoms with Crippen LogP contribution in [0.2, 0.25) is 0 Å². The van der Waals surface area contributed by atoms with Gasteiger partial charge < -0.3 is 0 Å². The Bertz CT molecular complexity index is 326. The van der Waals surface area contributed by atoms with Crippen molar-refractivity contribution in [3.8, 4) is 0 Å². The average Bonchev–Trinajstić information content (AvgIpc) is 2.64. The van der Waals surface area contributed by atoms with Gasteiger partial charge in [-0.15, -0.1) is 0 Å². The molecular formula is C15H26N2O2S. The molecule has 0 bridgehead atoms. The van der Waals surface area contributed by atoms with Crippen LogP contribution in [0.3, 0.4) is 0 Å². The van der Waals surface area contributed by atoms with E-state index in [1.807, 2.05) is 0 Å². The molecule has 1 heterocycles. The molecule has 0 unspecified atom stereocenters. The zero-order valence-electron chi connectivity index (χ0n) is 12.7. The summed E-state index contributed by atoms with van der Waals surface area (Å²) in [4.78, 5) is 26.8. The predicted octanol–water partition coefficient (Wildman–Crippen LogP) is 3.10. The fourth-order valence-electron chi connectivity index (χ4n) is 2.34. The first kappa shape index (κ1) is 17.1. The smallest absolute Gasteiger partial charge is 0.280 e. The molecule has 0 saturated carbocycles. The number of hydrogen-bond donors (Lipinski definition) is 0. The third-order valence-electron chi connectivity index (χ3n) is 3.61. The van der Waals surface area contributed by atoms with Crippen molar-refractivity contribution < 1.29 is 9.59 Å². The quantitative estimate of drug-likeness (QED) is 0.353. The van der Waals surface area contributed by atoms with Gasteiger partial charge in [0.05, 0.1) is 0 Å². The maximum atomic E-state index is 11.9. The molecule has 0 aromatic heterocycles. The molecule has 0 spiro atoms. The highest BCUT2D eigenvalue weighted by Crippen LogP contribution is 2.15. The van der Waals surface area contributed by atoms with E-state index in [4.69, 9.17) is 12.2 Å². The zero-order valence-corrected chi connectivity index (χ0v) is 13.5. The highest BCUT2D eigenvalue weighted by molar-refractivity contribution is 7.80. The van der Waals surface area contributed by atoms with Crippen molar-refractivity contribution in [2.75, 3.05) is 13.1 Å². The maximum Gasteiger partial charge on any atom is 0.318 e. The highest BCUT2D eigenvalue weighted by atomic mass is 32.1. The maximum absolute atomic E-state index is 11.9. The molecule has 1 aliphatic rings. The molecule has 0 N–H and O–H groups in total. The molecule has 0 aliphatic carbocycles. The Morgan fingerprint density at radius 1 is 0.750 bits per heavy atom. The Kier molecular flexibility index (Phi) is 7.73. The standard InChI is InChI=1S/C15H26N2O2S/c1-3-5-7-9-11-16-13(18)14(19)17(15(16)20)12-10-8-6-4-2/h3-12H2,1-2H3. The van der Waals surface area contributed by atoms with Crippen LogP contribution in [0.1, 0.15) is 65.2 Å².